The van der Waals surface area contributed by atoms with E-state index in [-0.39, 0.29) is 23.9 Å². The zero-order chi connectivity index (χ0) is 20.5. The lowest BCUT2D eigenvalue weighted by Gasteiger charge is -2.24. The van der Waals surface area contributed by atoms with Crippen LogP contribution in [-0.4, -0.2) is 16.6 Å². The predicted molar refractivity (Wildman–Crippen MR) is 115 cm³/mol. The third-order valence-electron chi connectivity index (χ3n) is 5.50. The number of fused-ring (bicyclic) bond motifs is 1. The van der Waals surface area contributed by atoms with Crippen LogP contribution in [0.3, 0.4) is 0 Å². The second-order valence-electron chi connectivity index (χ2n) is 8.18. The number of halogens is 1. The number of esters is 1. The summed E-state index contributed by atoms with van der Waals surface area (Å²) in [4.78, 5) is 11.8. The SMILES string of the molecule is CC(C)n1c(/C=C/[C@@H]2C[C@@H](C)CC(=O)O2)c(-c2ccc(F)cc2)c2ccccc21. The highest BCUT2D eigenvalue weighted by atomic mass is 19.1. The van der Waals surface area contributed by atoms with Gasteiger partial charge in [0.05, 0.1) is 0 Å². The molecule has 0 bridgehead atoms. The van der Waals surface area contributed by atoms with E-state index in [1.807, 2.05) is 30.3 Å². The Morgan fingerprint density at radius 1 is 1.14 bits per heavy atom. The molecule has 4 heteroatoms. The van der Waals surface area contributed by atoms with Gasteiger partial charge >= 0.3 is 5.97 Å². The summed E-state index contributed by atoms with van der Waals surface area (Å²) < 4.78 is 21.4. The van der Waals surface area contributed by atoms with Crippen molar-refractivity contribution in [2.24, 2.45) is 5.92 Å². The predicted octanol–water partition coefficient (Wildman–Crippen LogP) is 6.38. The quantitative estimate of drug-likeness (QED) is 0.483. The van der Waals surface area contributed by atoms with E-state index >= 15 is 0 Å². The molecule has 0 radical (unpaired) electrons. The maximum atomic E-state index is 13.5. The Hall–Kier alpha value is -2.88. The molecule has 0 unspecified atom stereocenters. The van der Waals surface area contributed by atoms with Crippen LogP contribution in [-0.2, 0) is 9.53 Å². The molecule has 0 aliphatic carbocycles. The van der Waals surface area contributed by atoms with Crippen molar-refractivity contribution in [2.45, 2.75) is 45.8 Å². The van der Waals surface area contributed by atoms with Crippen LogP contribution in [0, 0.1) is 11.7 Å². The van der Waals surface area contributed by atoms with Crippen LogP contribution in [0.2, 0.25) is 0 Å². The van der Waals surface area contributed by atoms with Gasteiger partial charge in [-0.1, -0.05) is 37.3 Å². The smallest absolute Gasteiger partial charge is 0.306 e. The summed E-state index contributed by atoms with van der Waals surface area (Å²) in [5.41, 5.74) is 4.22. The number of aromatic nitrogens is 1. The fourth-order valence-electron chi connectivity index (χ4n) is 4.27. The zero-order valence-electron chi connectivity index (χ0n) is 17.1. The Kier molecular flexibility index (Phi) is 5.27. The molecule has 1 aliphatic rings. The summed E-state index contributed by atoms with van der Waals surface area (Å²) in [6.45, 7) is 6.39. The molecule has 2 heterocycles. The lowest BCUT2D eigenvalue weighted by atomic mass is 9.96. The van der Waals surface area contributed by atoms with Crippen molar-refractivity contribution < 1.29 is 13.9 Å². The maximum Gasteiger partial charge on any atom is 0.306 e. The Bertz CT molecular complexity index is 1060. The van der Waals surface area contributed by atoms with Crippen LogP contribution in [0.15, 0.2) is 54.6 Å². The standard InChI is InChI=1S/C25H26FNO2/c1-16(2)27-22-7-5-4-6-21(22)25(18-8-10-19(26)11-9-18)23(27)13-12-20-14-17(3)15-24(28)29-20/h4-13,16-17,20H,14-15H2,1-3H3/b13-12+/t17-,20-/m1/s1. The van der Waals surface area contributed by atoms with Crippen molar-refractivity contribution in [3.63, 3.8) is 0 Å². The number of hydrogen-bond acceptors (Lipinski definition) is 2. The first-order chi connectivity index (χ1) is 13.9. The van der Waals surface area contributed by atoms with Crippen LogP contribution in [0.4, 0.5) is 4.39 Å². The van der Waals surface area contributed by atoms with E-state index < -0.39 is 0 Å². The molecule has 150 valence electrons. The van der Waals surface area contributed by atoms with Gasteiger partial charge in [0.15, 0.2) is 0 Å². The normalized spacial score (nSPS) is 20.0. The van der Waals surface area contributed by atoms with Crippen LogP contribution < -0.4 is 0 Å². The molecule has 4 rings (SSSR count). The molecule has 0 amide bonds. The fraction of sp³-hybridized carbons (Fsp3) is 0.320. The van der Waals surface area contributed by atoms with Gasteiger partial charge < -0.3 is 9.30 Å². The molecular weight excluding hydrogens is 365 g/mol. The Morgan fingerprint density at radius 3 is 2.55 bits per heavy atom. The minimum absolute atomic E-state index is 0.137. The summed E-state index contributed by atoms with van der Waals surface area (Å²) in [5.74, 6) is -0.0680. The van der Waals surface area contributed by atoms with Crippen LogP contribution in [0.1, 0.15) is 45.3 Å². The number of nitrogens with zero attached hydrogens (tertiary/aromatic N) is 1. The average molecular weight is 391 g/mol. The van der Waals surface area contributed by atoms with Gasteiger partial charge in [-0.2, -0.15) is 0 Å². The third-order valence-corrected chi connectivity index (χ3v) is 5.50. The molecular formula is C25H26FNO2. The van der Waals surface area contributed by atoms with E-state index in [1.54, 1.807) is 0 Å². The Balaban J connectivity index is 1.88. The highest BCUT2D eigenvalue weighted by Crippen LogP contribution is 2.38. The minimum atomic E-state index is -0.249. The number of ether oxygens (including phenoxy) is 1. The van der Waals surface area contributed by atoms with Crippen molar-refractivity contribution in [1.82, 2.24) is 4.57 Å². The van der Waals surface area contributed by atoms with Gasteiger partial charge in [-0.25, -0.2) is 4.39 Å². The molecule has 0 saturated carbocycles. The van der Waals surface area contributed by atoms with E-state index in [0.717, 1.165) is 34.1 Å². The molecule has 0 N–H and O–H groups in total. The van der Waals surface area contributed by atoms with Crippen LogP contribution >= 0.6 is 0 Å². The molecule has 1 saturated heterocycles. The molecule has 1 aromatic heterocycles. The summed E-state index contributed by atoms with van der Waals surface area (Å²) in [6.07, 6.45) is 5.15. The van der Waals surface area contributed by atoms with Crippen LogP contribution in [0.25, 0.3) is 28.1 Å². The number of para-hydroxylation sites is 1. The second kappa shape index (κ2) is 7.86. The number of benzene rings is 2. The van der Waals surface area contributed by atoms with E-state index in [2.05, 4.69) is 43.5 Å². The van der Waals surface area contributed by atoms with E-state index in [9.17, 15) is 9.18 Å². The Labute approximate surface area is 170 Å². The maximum absolute atomic E-state index is 13.5. The number of rotatable bonds is 4. The number of carbonyl (C=O) groups is 1. The molecule has 2 atom stereocenters. The monoisotopic (exact) mass is 391 g/mol. The highest BCUT2D eigenvalue weighted by molar-refractivity contribution is 6.01. The molecule has 2 aromatic carbocycles. The molecule has 3 nitrogen and oxygen atoms in total. The first-order valence-corrected chi connectivity index (χ1v) is 10.2. The van der Waals surface area contributed by atoms with Crippen molar-refractivity contribution in [3.8, 4) is 11.1 Å². The molecule has 29 heavy (non-hydrogen) atoms. The van der Waals surface area contributed by atoms with E-state index in [0.29, 0.717) is 12.3 Å². The van der Waals surface area contributed by atoms with Gasteiger partial charge in [0.2, 0.25) is 0 Å². The molecule has 0 spiro atoms. The van der Waals surface area contributed by atoms with Gasteiger partial charge in [0.1, 0.15) is 11.9 Å². The van der Waals surface area contributed by atoms with Gasteiger partial charge in [-0.05, 0) is 62.1 Å². The molecule has 1 fully saturated rings. The first kappa shape index (κ1) is 19.4. The summed E-state index contributed by atoms with van der Waals surface area (Å²) in [5, 5.41) is 1.13. The summed E-state index contributed by atoms with van der Waals surface area (Å²) in [6, 6.07) is 15.1. The van der Waals surface area contributed by atoms with Gasteiger partial charge in [0.25, 0.3) is 0 Å². The van der Waals surface area contributed by atoms with Crippen LogP contribution in [0.5, 0.6) is 0 Å². The lowest BCUT2D eigenvalue weighted by molar-refractivity contribution is -0.153. The highest BCUT2D eigenvalue weighted by Gasteiger charge is 2.25. The second-order valence-corrected chi connectivity index (χ2v) is 8.18. The topological polar surface area (TPSA) is 31.2 Å². The minimum Gasteiger partial charge on any atom is -0.458 e. The van der Waals surface area contributed by atoms with E-state index in [4.69, 9.17) is 4.74 Å². The van der Waals surface area contributed by atoms with Crippen molar-refractivity contribution in [1.29, 1.82) is 0 Å². The van der Waals surface area contributed by atoms with E-state index in [1.165, 1.54) is 12.1 Å². The largest absolute Gasteiger partial charge is 0.458 e. The first-order valence-electron chi connectivity index (χ1n) is 10.2. The molecule has 1 aliphatic heterocycles. The third kappa shape index (κ3) is 3.84. The van der Waals surface area contributed by atoms with Gasteiger partial charge in [-0.3, -0.25) is 4.79 Å². The number of cyclic esters (lactones) is 1. The van der Waals surface area contributed by atoms with Crippen molar-refractivity contribution in [3.05, 3.63) is 66.1 Å². The van der Waals surface area contributed by atoms with Gasteiger partial charge in [-0.15, -0.1) is 0 Å². The summed E-state index contributed by atoms with van der Waals surface area (Å²) >= 11 is 0. The van der Waals surface area contributed by atoms with Crippen molar-refractivity contribution >= 4 is 22.9 Å². The molecule has 3 aromatic rings. The Morgan fingerprint density at radius 2 is 1.86 bits per heavy atom. The van der Waals surface area contributed by atoms with Gasteiger partial charge in [0, 0.05) is 34.6 Å². The number of hydrogen-bond donors (Lipinski definition) is 0. The average Bonchev–Trinajstić information content (AvgIpc) is 3.00. The summed E-state index contributed by atoms with van der Waals surface area (Å²) in [7, 11) is 0. The lowest BCUT2D eigenvalue weighted by Crippen LogP contribution is -2.26. The fourth-order valence-corrected chi connectivity index (χ4v) is 4.27. The zero-order valence-corrected chi connectivity index (χ0v) is 17.1. The van der Waals surface area contributed by atoms with Crippen molar-refractivity contribution in [2.75, 3.05) is 0 Å². The number of carbonyl (C=O) groups excluding carboxylic acids is 1.